The second-order valence-corrected chi connectivity index (χ2v) is 5.82. The van der Waals surface area contributed by atoms with Gasteiger partial charge in [-0.25, -0.2) is 0 Å². The molecule has 2 aromatic carbocycles. The van der Waals surface area contributed by atoms with Crippen molar-refractivity contribution < 1.29 is 0 Å². The highest BCUT2D eigenvalue weighted by Gasteiger charge is 2.29. The third kappa shape index (κ3) is 2.70. The van der Waals surface area contributed by atoms with E-state index in [1.807, 2.05) is 0 Å². The van der Waals surface area contributed by atoms with Crippen LogP contribution >= 0.6 is 0 Å². The maximum atomic E-state index is 3.71. The van der Waals surface area contributed by atoms with Gasteiger partial charge in [0, 0.05) is 17.8 Å². The Balaban J connectivity index is 1.85. The summed E-state index contributed by atoms with van der Waals surface area (Å²) in [4.78, 5) is 0. The van der Waals surface area contributed by atoms with Gasteiger partial charge in [-0.2, -0.15) is 0 Å². The molecule has 0 aliphatic carbocycles. The predicted molar refractivity (Wildman–Crippen MR) is 85.0 cm³/mol. The van der Waals surface area contributed by atoms with Gasteiger partial charge in [0.1, 0.15) is 0 Å². The molecule has 1 heterocycles. The van der Waals surface area contributed by atoms with Crippen LogP contribution in [0, 0.1) is 0 Å². The van der Waals surface area contributed by atoms with Crippen molar-refractivity contribution in [3.8, 4) is 0 Å². The lowest BCUT2D eigenvalue weighted by molar-refractivity contribution is 0.430. The molecule has 2 unspecified atom stereocenters. The lowest BCUT2D eigenvalue weighted by Gasteiger charge is -2.28. The van der Waals surface area contributed by atoms with Crippen molar-refractivity contribution in [2.75, 3.05) is 5.32 Å². The van der Waals surface area contributed by atoms with Crippen LogP contribution in [0.4, 0.5) is 5.69 Å². The largest absolute Gasteiger partial charge is 0.380 e. The van der Waals surface area contributed by atoms with E-state index in [0.29, 0.717) is 18.1 Å². The van der Waals surface area contributed by atoms with E-state index in [-0.39, 0.29) is 0 Å². The monoisotopic (exact) mass is 266 g/mol. The van der Waals surface area contributed by atoms with E-state index in [9.17, 15) is 0 Å². The first-order valence-corrected chi connectivity index (χ1v) is 7.39. The SMILES string of the molecule is CC(C)NC(c1ccccc1)C1Cc2ccccc2N1. The molecule has 1 aliphatic heterocycles. The summed E-state index contributed by atoms with van der Waals surface area (Å²) >= 11 is 0. The molecule has 0 aromatic heterocycles. The van der Waals surface area contributed by atoms with Gasteiger partial charge in [0.15, 0.2) is 0 Å². The van der Waals surface area contributed by atoms with Crippen molar-refractivity contribution in [2.24, 2.45) is 0 Å². The van der Waals surface area contributed by atoms with E-state index >= 15 is 0 Å². The topological polar surface area (TPSA) is 24.1 Å². The summed E-state index contributed by atoms with van der Waals surface area (Å²) in [5.74, 6) is 0. The third-order valence-corrected chi connectivity index (χ3v) is 3.87. The zero-order valence-corrected chi connectivity index (χ0v) is 12.1. The van der Waals surface area contributed by atoms with E-state index in [4.69, 9.17) is 0 Å². The van der Waals surface area contributed by atoms with Crippen LogP contribution in [-0.2, 0) is 6.42 Å². The van der Waals surface area contributed by atoms with E-state index in [1.54, 1.807) is 0 Å². The van der Waals surface area contributed by atoms with Crippen LogP contribution in [0.1, 0.15) is 31.0 Å². The summed E-state index contributed by atoms with van der Waals surface area (Å²) in [5.41, 5.74) is 4.06. The Bertz CT molecular complexity index is 538. The molecule has 0 spiro atoms. The van der Waals surface area contributed by atoms with Crippen molar-refractivity contribution in [1.29, 1.82) is 0 Å². The summed E-state index contributed by atoms with van der Waals surface area (Å²) in [6.45, 7) is 4.41. The Labute approximate surface area is 121 Å². The van der Waals surface area contributed by atoms with E-state index < -0.39 is 0 Å². The molecule has 0 fully saturated rings. The fraction of sp³-hybridized carbons (Fsp3) is 0.333. The highest BCUT2D eigenvalue weighted by atomic mass is 15.1. The van der Waals surface area contributed by atoms with Crippen LogP contribution in [0.2, 0.25) is 0 Å². The van der Waals surface area contributed by atoms with Crippen LogP contribution in [0.15, 0.2) is 54.6 Å². The summed E-state index contributed by atoms with van der Waals surface area (Å²) in [5, 5.41) is 7.39. The molecule has 2 aromatic rings. The molecular weight excluding hydrogens is 244 g/mol. The van der Waals surface area contributed by atoms with Gasteiger partial charge < -0.3 is 10.6 Å². The minimum atomic E-state index is 0.337. The number of para-hydroxylation sites is 1. The lowest BCUT2D eigenvalue weighted by Crippen LogP contribution is -2.39. The number of rotatable bonds is 4. The van der Waals surface area contributed by atoms with Crippen LogP contribution in [0.3, 0.4) is 0 Å². The second-order valence-electron chi connectivity index (χ2n) is 5.82. The maximum Gasteiger partial charge on any atom is 0.0530 e. The minimum absolute atomic E-state index is 0.337. The van der Waals surface area contributed by atoms with Crippen molar-refractivity contribution >= 4 is 5.69 Å². The number of nitrogens with one attached hydrogen (secondary N) is 2. The average Bonchev–Trinajstić information content (AvgIpc) is 2.89. The first-order chi connectivity index (χ1) is 9.74. The van der Waals surface area contributed by atoms with Gasteiger partial charge in [-0.05, 0) is 23.6 Å². The molecular formula is C18H22N2. The molecule has 20 heavy (non-hydrogen) atoms. The molecule has 2 heteroatoms. The first kappa shape index (κ1) is 13.2. The zero-order valence-electron chi connectivity index (χ0n) is 12.1. The fourth-order valence-electron chi connectivity index (χ4n) is 2.99. The zero-order chi connectivity index (χ0) is 13.9. The Morgan fingerprint density at radius 2 is 1.70 bits per heavy atom. The van der Waals surface area contributed by atoms with Gasteiger partial charge in [0.2, 0.25) is 0 Å². The molecule has 3 rings (SSSR count). The van der Waals surface area contributed by atoms with Crippen LogP contribution < -0.4 is 10.6 Å². The van der Waals surface area contributed by atoms with Gasteiger partial charge in [-0.15, -0.1) is 0 Å². The molecule has 2 nitrogen and oxygen atoms in total. The van der Waals surface area contributed by atoms with Crippen molar-refractivity contribution in [3.05, 3.63) is 65.7 Å². The van der Waals surface area contributed by atoms with E-state index in [2.05, 4.69) is 79.1 Å². The Kier molecular flexibility index (Phi) is 3.75. The molecule has 0 bridgehead atoms. The van der Waals surface area contributed by atoms with Gasteiger partial charge >= 0.3 is 0 Å². The highest BCUT2D eigenvalue weighted by molar-refractivity contribution is 5.57. The highest BCUT2D eigenvalue weighted by Crippen LogP contribution is 2.32. The number of hydrogen-bond acceptors (Lipinski definition) is 2. The summed E-state index contributed by atoms with van der Waals surface area (Å²) < 4.78 is 0. The van der Waals surface area contributed by atoms with Crippen molar-refractivity contribution in [3.63, 3.8) is 0 Å². The summed E-state index contributed by atoms with van der Waals surface area (Å²) in [6, 6.07) is 20.6. The fourth-order valence-corrected chi connectivity index (χ4v) is 2.99. The molecule has 1 aliphatic rings. The normalized spacial score (nSPS) is 18.6. The second kappa shape index (κ2) is 5.68. The van der Waals surface area contributed by atoms with Gasteiger partial charge in [-0.3, -0.25) is 0 Å². The number of anilines is 1. The van der Waals surface area contributed by atoms with Gasteiger partial charge in [0.05, 0.1) is 6.04 Å². The average molecular weight is 266 g/mol. The number of hydrogen-bond donors (Lipinski definition) is 2. The minimum Gasteiger partial charge on any atom is -0.380 e. The number of benzene rings is 2. The summed E-state index contributed by atoms with van der Waals surface area (Å²) in [6.07, 6.45) is 1.08. The smallest absolute Gasteiger partial charge is 0.0530 e. The molecule has 0 saturated carbocycles. The Morgan fingerprint density at radius 1 is 1.00 bits per heavy atom. The van der Waals surface area contributed by atoms with Gasteiger partial charge in [-0.1, -0.05) is 62.4 Å². The maximum absolute atomic E-state index is 3.71. The molecule has 2 N–H and O–H groups in total. The van der Waals surface area contributed by atoms with Crippen LogP contribution in [-0.4, -0.2) is 12.1 Å². The van der Waals surface area contributed by atoms with E-state index in [0.717, 1.165) is 6.42 Å². The molecule has 2 atom stereocenters. The number of fused-ring (bicyclic) bond motifs is 1. The van der Waals surface area contributed by atoms with Crippen LogP contribution in [0.25, 0.3) is 0 Å². The third-order valence-electron chi connectivity index (χ3n) is 3.87. The lowest BCUT2D eigenvalue weighted by atomic mass is 9.96. The standard InChI is InChI=1S/C18H22N2/c1-13(2)19-18(14-8-4-3-5-9-14)17-12-15-10-6-7-11-16(15)20-17/h3-11,13,17-20H,12H2,1-2H3. The summed E-state index contributed by atoms with van der Waals surface area (Å²) in [7, 11) is 0. The van der Waals surface area contributed by atoms with Gasteiger partial charge in [0.25, 0.3) is 0 Å². The van der Waals surface area contributed by atoms with E-state index in [1.165, 1.54) is 16.8 Å². The van der Waals surface area contributed by atoms with Crippen molar-refractivity contribution in [2.45, 2.75) is 38.4 Å². The first-order valence-electron chi connectivity index (χ1n) is 7.39. The molecule has 0 saturated heterocycles. The molecule has 0 radical (unpaired) electrons. The molecule has 0 amide bonds. The predicted octanol–water partition coefficient (Wildman–Crippen LogP) is 3.76. The molecule has 104 valence electrons. The quantitative estimate of drug-likeness (QED) is 0.880. The van der Waals surface area contributed by atoms with Crippen molar-refractivity contribution in [1.82, 2.24) is 5.32 Å². The van der Waals surface area contributed by atoms with Crippen LogP contribution in [0.5, 0.6) is 0 Å². The Hall–Kier alpha value is -1.80. The Morgan fingerprint density at radius 3 is 2.40 bits per heavy atom.